The molecule has 1 aliphatic heterocycles. The molecule has 0 saturated carbocycles. The molecule has 2 aromatic heterocycles. The first kappa shape index (κ1) is 16.4. The van der Waals surface area contributed by atoms with E-state index in [1.54, 1.807) is 20.2 Å². The van der Waals surface area contributed by atoms with Gasteiger partial charge in [-0.3, -0.25) is 14.7 Å². The maximum absolute atomic E-state index is 11.7. The summed E-state index contributed by atoms with van der Waals surface area (Å²) in [7, 11) is 1.63. The lowest BCUT2D eigenvalue weighted by Crippen LogP contribution is -2.47. The molecule has 3 rings (SSSR count). The Kier molecular flexibility index (Phi) is 4.48. The van der Waals surface area contributed by atoms with Gasteiger partial charge in [0, 0.05) is 38.8 Å². The second-order valence-corrected chi connectivity index (χ2v) is 6.06. The van der Waals surface area contributed by atoms with E-state index in [0.717, 1.165) is 18.0 Å². The van der Waals surface area contributed by atoms with Gasteiger partial charge in [0.1, 0.15) is 11.3 Å². The van der Waals surface area contributed by atoms with Gasteiger partial charge in [0.25, 0.3) is 5.89 Å². The molecule has 1 saturated heterocycles. The monoisotopic (exact) mass is 331 g/mol. The normalized spacial score (nSPS) is 21.0. The molecule has 1 amide bonds. The zero-order chi connectivity index (χ0) is 17.2. The van der Waals surface area contributed by atoms with Crippen molar-refractivity contribution in [2.75, 3.05) is 20.2 Å². The number of pyridine rings is 1. The summed E-state index contributed by atoms with van der Waals surface area (Å²) in [4.78, 5) is 22.6. The fourth-order valence-electron chi connectivity index (χ4n) is 3.08. The van der Waals surface area contributed by atoms with Crippen molar-refractivity contribution in [3.8, 4) is 5.75 Å². The van der Waals surface area contributed by atoms with Gasteiger partial charge in [0.05, 0.1) is 12.8 Å². The number of nitrogens with zero attached hydrogens (tertiary/aromatic N) is 4. The molecule has 0 aliphatic carbocycles. The summed E-state index contributed by atoms with van der Waals surface area (Å²) in [6.07, 6.45) is 2.44. The average molecular weight is 331 g/mol. The van der Waals surface area contributed by atoms with Gasteiger partial charge in [-0.15, -0.1) is 0 Å². The summed E-state index contributed by atoms with van der Waals surface area (Å²) in [5.41, 5.74) is 0.265. The number of hydrogen-bond acceptors (Lipinski definition) is 7. The van der Waals surface area contributed by atoms with Gasteiger partial charge in [0.2, 0.25) is 5.91 Å². The van der Waals surface area contributed by atoms with E-state index >= 15 is 0 Å². The average Bonchev–Trinajstić information content (AvgIpc) is 3.15. The lowest BCUT2D eigenvalue weighted by Gasteiger charge is -2.26. The molecule has 8 nitrogen and oxygen atoms in total. The van der Waals surface area contributed by atoms with Crippen LogP contribution in [0.25, 0.3) is 0 Å². The van der Waals surface area contributed by atoms with E-state index in [-0.39, 0.29) is 5.91 Å². The van der Waals surface area contributed by atoms with Gasteiger partial charge < -0.3 is 14.6 Å². The largest absolute Gasteiger partial charge is 0.497 e. The van der Waals surface area contributed by atoms with Crippen LogP contribution in [0.5, 0.6) is 5.75 Å². The van der Waals surface area contributed by atoms with Crippen LogP contribution in [0.1, 0.15) is 30.8 Å². The SMILES string of the molecule is COc1ccnc(CN2CCC(NC(C)=O)(c3nc(C)no3)C2)c1. The van der Waals surface area contributed by atoms with Crippen LogP contribution in [-0.4, -0.2) is 46.1 Å². The second-order valence-electron chi connectivity index (χ2n) is 6.06. The predicted octanol–water partition coefficient (Wildman–Crippen LogP) is 1.02. The molecule has 0 radical (unpaired) electrons. The number of rotatable bonds is 5. The van der Waals surface area contributed by atoms with Crippen molar-refractivity contribution < 1.29 is 14.1 Å². The topological polar surface area (TPSA) is 93.4 Å². The number of nitrogens with one attached hydrogen (secondary N) is 1. The molecule has 8 heteroatoms. The standard InChI is InChI=1S/C16H21N5O3/c1-11-18-15(24-20-11)16(19-12(2)22)5-7-21(10-16)9-13-8-14(23-3)4-6-17-13/h4,6,8H,5,7,9-10H2,1-3H3,(H,19,22). The van der Waals surface area contributed by atoms with E-state index in [1.165, 1.54) is 6.92 Å². The molecule has 1 fully saturated rings. The van der Waals surface area contributed by atoms with Crippen molar-refractivity contribution in [3.63, 3.8) is 0 Å². The number of aromatic nitrogens is 3. The summed E-state index contributed by atoms with van der Waals surface area (Å²) >= 11 is 0. The summed E-state index contributed by atoms with van der Waals surface area (Å²) in [6.45, 7) is 5.30. The molecule has 0 aromatic carbocycles. The Balaban J connectivity index is 1.78. The van der Waals surface area contributed by atoms with Gasteiger partial charge >= 0.3 is 0 Å². The third-order valence-corrected chi connectivity index (χ3v) is 4.11. The molecule has 0 spiro atoms. The predicted molar refractivity (Wildman–Crippen MR) is 85.2 cm³/mol. The van der Waals surface area contributed by atoms with Crippen LogP contribution in [0.2, 0.25) is 0 Å². The van der Waals surface area contributed by atoms with E-state index in [2.05, 4.69) is 25.3 Å². The van der Waals surface area contributed by atoms with Gasteiger partial charge in [-0.2, -0.15) is 4.98 Å². The quantitative estimate of drug-likeness (QED) is 0.874. The molecule has 1 N–H and O–H groups in total. The number of carbonyl (C=O) groups is 1. The lowest BCUT2D eigenvalue weighted by molar-refractivity contribution is -0.121. The maximum atomic E-state index is 11.7. The van der Waals surface area contributed by atoms with Crippen LogP contribution >= 0.6 is 0 Å². The van der Waals surface area contributed by atoms with Gasteiger partial charge in [-0.25, -0.2) is 0 Å². The number of carbonyl (C=O) groups excluding carboxylic acids is 1. The fraction of sp³-hybridized carbons (Fsp3) is 0.500. The summed E-state index contributed by atoms with van der Waals surface area (Å²) < 4.78 is 10.6. The molecule has 128 valence electrons. The Morgan fingerprint density at radius 2 is 2.38 bits per heavy atom. The van der Waals surface area contributed by atoms with Crippen LogP contribution in [0.15, 0.2) is 22.9 Å². The van der Waals surface area contributed by atoms with E-state index in [9.17, 15) is 4.79 Å². The number of ether oxygens (including phenoxy) is 1. The minimum absolute atomic E-state index is 0.118. The first-order valence-electron chi connectivity index (χ1n) is 7.81. The fourth-order valence-corrected chi connectivity index (χ4v) is 3.08. The van der Waals surface area contributed by atoms with Crippen LogP contribution in [0, 0.1) is 6.92 Å². The molecule has 0 bridgehead atoms. The molecular weight excluding hydrogens is 310 g/mol. The lowest BCUT2D eigenvalue weighted by atomic mass is 9.98. The molecule has 2 aromatic rings. The highest BCUT2D eigenvalue weighted by molar-refractivity contribution is 5.74. The van der Waals surface area contributed by atoms with Crippen LogP contribution < -0.4 is 10.1 Å². The first-order valence-corrected chi connectivity index (χ1v) is 7.81. The minimum atomic E-state index is -0.647. The molecule has 24 heavy (non-hydrogen) atoms. The molecular formula is C16H21N5O3. The summed E-state index contributed by atoms with van der Waals surface area (Å²) in [5.74, 6) is 1.67. The van der Waals surface area contributed by atoms with Crippen molar-refractivity contribution in [3.05, 3.63) is 35.7 Å². The first-order chi connectivity index (χ1) is 11.5. The Morgan fingerprint density at radius 1 is 1.54 bits per heavy atom. The number of likely N-dealkylation sites (tertiary alicyclic amines) is 1. The third kappa shape index (κ3) is 3.38. The van der Waals surface area contributed by atoms with Crippen LogP contribution in [0.4, 0.5) is 0 Å². The zero-order valence-electron chi connectivity index (χ0n) is 14.1. The van der Waals surface area contributed by atoms with Crippen LogP contribution in [-0.2, 0) is 16.9 Å². The van der Waals surface area contributed by atoms with Crippen molar-refractivity contribution in [1.29, 1.82) is 0 Å². The molecule has 1 atom stereocenters. The number of hydrogen-bond donors (Lipinski definition) is 1. The summed E-state index contributed by atoms with van der Waals surface area (Å²) in [6, 6.07) is 3.73. The molecule has 1 aliphatic rings. The third-order valence-electron chi connectivity index (χ3n) is 4.11. The van der Waals surface area contributed by atoms with Gasteiger partial charge in [-0.1, -0.05) is 5.16 Å². The van der Waals surface area contributed by atoms with E-state index in [4.69, 9.17) is 9.26 Å². The van der Waals surface area contributed by atoms with Gasteiger partial charge in [0.15, 0.2) is 5.82 Å². The minimum Gasteiger partial charge on any atom is -0.497 e. The number of aryl methyl sites for hydroxylation is 1. The summed E-state index contributed by atoms with van der Waals surface area (Å²) in [5, 5.41) is 6.86. The van der Waals surface area contributed by atoms with E-state index in [1.807, 2.05) is 12.1 Å². The smallest absolute Gasteiger partial charge is 0.253 e. The molecule has 3 heterocycles. The van der Waals surface area contributed by atoms with Crippen molar-refractivity contribution >= 4 is 5.91 Å². The van der Waals surface area contributed by atoms with E-state index in [0.29, 0.717) is 31.2 Å². The highest BCUT2D eigenvalue weighted by Gasteiger charge is 2.45. The Morgan fingerprint density at radius 3 is 3.04 bits per heavy atom. The Labute approximate surface area is 140 Å². The van der Waals surface area contributed by atoms with Crippen molar-refractivity contribution in [1.82, 2.24) is 25.3 Å². The Hall–Kier alpha value is -2.48. The molecule has 1 unspecified atom stereocenters. The number of amides is 1. The highest BCUT2D eigenvalue weighted by Crippen LogP contribution is 2.32. The zero-order valence-corrected chi connectivity index (χ0v) is 14.1. The number of methoxy groups -OCH3 is 1. The van der Waals surface area contributed by atoms with Crippen molar-refractivity contribution in [2.45, 2.75) is 32.4 Å². The Bertz CT molecular complexity index is 732. The van der Waals surface area contributed by atoms with E-state index < -0.39 is 5.54 Å². The second kappa shape index (κ2) is 6.56. The highest BCUT2D eigenvalue weighted by atomic mass is 16.5. The van der Waals surface area contributed by atoms with Gasteiger partial charge in [-0.05, 0) is 19.4 Å². The van der Waals surface area contributed by atoms with Crippen LogP contribution in [0.3, 0.4) is 0 Å². The maximum Gasteiger partial charge on any atom is 0.253 e. The van der Waals surface area contributed by atoms with Crippen molar-refractivity contribution in [2.24, 2.45) is 0 Å².